The van der Waals surface area contributed by atoms with Crippen molar-refractivity contribution in [3.8, 4) is 5.75 Å². The van der Waals surface area contributed by atoms with Crippen LogP contribution in [0.5, 0.6) is 5.75 Å². The van der Waals surface area contributed by atoms with Gasteiger partial charge in [0.05, 0.1) is 17.6 Å². The molecule has 116 valence electrons. The molecule has 0 unspecified atom stereocenters. The first-order valence-electron chi connectivity index (χ1n) is 6.88. The van der Waals surface area contributed by atoms with Crippen molar-refractivity contribution in [2.24, 2.45) is 0 Å². The quantitative estimate of drug-likeness (QED) is 0.461. The minimum absolute atomic E-state index is 0.0340. The highest BCUT2D eigenvalue weighted by Crippen LogP contribution is 2.19. The van der Waals surface area contributed by atoms with Crippen LogP contribution in [0.1, 0.15) is 11.1 Å². The zero-order valence-electron chi connectivity index (χ0n) is 12.5. The number of hydrogen-bond donors (Lipinski definition) is 0. The summed E-state index contributed by atoms with van der Waals surface area (Å²) in [5.41, 5.74) is 1.19. The topological polar surface area (TPSA) is 69.4 Å². The Labute approximate surface area is 133 Å². The molecule has 0 atom stereocenters. The summed E-state index contributed by atoms with van der Waals surface area (Å²) in [5, 5.41) is 10.9. The average Bonchev–Trinajstić information content (AvgIpc) is 2.58. The average molecular weight is 309 g/mol. The van der Waals surface area contributed by atoms with E-state index in [2.05, 4.69) is 0 Å². The molecular formula is C18H15NO4. The van der Waals surface area contributed by atoms with Crippen LogP contribution in [-0.4, -0.2) is 17.8 Å². The number of carbonyl (C=O) groups is 1. The first kappa shape index (κ1) is 16.2. The van der Waals surface area contributed by atoms with Crippen LogP contribution in [0.25, 0.3) is 12.2 Å². The number of para-hydroxylation sites is 1. The SMILES string of the molecule is COc1cccc(/C=C/C(=O)/C=C/c2ccccc2[N+](=O)[O-])c1. The number of ether oxygens (including phenoxy) is 1. The lowest BCUT2D eigenvalue weighted by Crippen LogP contribution is -1.91. The third-order valence-corrected chi connectivity index (χ3v) is 3.09. The van der Waals surface area contributed by atoms with Crippen molar-refractivity contribution in [2.45, 2.75) is 0 Å². The summed E-state index contributed by atoms with van der Waals surface area (Å²) in [7, 11) is 1.57. The highest BCUT2D eigenvalue weighted by molar-refractivity contribution is 6.04. The molecule has 0 heterocycles. The van der Waals surface area contributed by atoms with Crippen LogP contribution in [0.2, 0.25) is 0 Å². The fraction of sp³-hybridized carbons (Fsp3) is 0.0556. The number of nitrogens with zero attached hydrogens (tertiary/aromatic N) is 1. The van der Waals surface area contributed by atoms with E-state index in [1.165, 1.54) is 24.3 Å². The van der Waals surface area contributed by atoms with Crippen LogP contribution >= 0.6 is 0 Å². The van der Waals surface area contributed by atoms with Gasteiger partial charge < -0.3 is 4.74 Å². The molecule has 0 fully saturated rings. The highest BCUT2D eigenvalue weighted by Gasteiger charge is 2.09. The maximum absolute atomic E-state index is 11.9. The summed E-state index contributed by atoms with van der Waals surface area (Å²) in [6.45, 7) is 0. The molecule has 0 spiro atoms. The number of nitro groups is 1. The van der Waals surface area contributed by atoms with Gasteiger partial charge in [-0.2, -0.15) is 0 Å². The summed E-state index contributed by atoms with van der Waals surface area (Å²) in [5.74, 6) is 0.445. The summed E-state index contributed by atoms with van der Waals surface area (Å²) < 4.78 is 5.11. The van der Waals surface area contributed by atoms with Crippen LogP contribution < -0.4 is 4.74 Å². The Bertz CT molecular complexity index is 778. The molecule has 5 heteroatoms. The number of allylic oxidation sites excluding steroid dienone is 2. The Hall–Kier alpha value is -3.21. The molecule has 0 aliphatic carbocycles. The first-order valence-corrected chi connectivity index (χ1v) is 6.88. The van der Waals surface area contributed by atoms with Gasteiger partial charge in [-0.1, -0.05) is 30.3 Å². The Morgan fingerprint density at radius 1 is 1.09 bits per heavy atom. The van der Waals surface area contributed by atoms with Crippen molar-refractivity contribution in [2.75, 3.05) is 7.11 Å². The molecule has 0 bridgehead atoms. The molecule has 0 radical (unpaired) electrons. The Balaban J connectivity index is 2.10. The standard InChI is InChI=1S/C18H15NO4/c1-23-17-7-4-5-14(13-17)9-11-16(20)12-10-15-6-2-3-8-18(15)19(21)22/h2-13H,1H3/b11-9+,12-10+. The molecule has 5 nitrogen and oxygen atoms in total. The third kappa shape index (κ3) is 4.64. The van der Waals surface area contributed by atoms with E-state index in [0.29, 0.717) is 11.3 Å². The highest BCUT2D eigenvalue weighted by atomic mass is 16.6. The molecule has 2 aromatic rings. The van der Waals surface area contributed by atoms with E-state index in [9.17, 15) is 14.9 Å². The lowest BCUT2D eigenvalue weighted by Gasteiger charge is -1.99. The predicted molar refractivity (Wildman–Crippen MR) is 89.2 cm³/mol. The van der Waals surface area contributed by atoms with Crippen molar-refractivity contribution >= 4 is 23.6 Å². The van der Waals surface area contributed by atoms with Gasteiger partial charge >= 0.3 is 0 Å². The monoisotopic (exact) mass is 309 g/mol. The van der Waals surface area contributed by atoms with Crippen LogP contribution in [0, 0.1) is 10.1 Å². The summed E-state index contributed by atoms with van der Waals surface area (Å²) in [6.07, 6.45) is 5.81. The van der Waals surface area contributed by atoms with E-state index >= 15 is 0 Å². The van der Waals surface area contributed by atoms with E-state index in [0.717, 1.165) is 5.56 Å². The van der Waals surface area contributed by atoms with E-state index < -0.39 is 4.92 Å². The molecular weight excluding hydrogens is 294 g/mol. The van der Waals surface area contributed by atoms with E-state index in [4.69, 9.17) is 4.74 Å². The molecule has 0 aliphatic rings. The maximum Gasteiger partial charge on any atom is 0.276 e. The zero-order chi connectivity index (χ0) is 16.7. The van der Waals surface area contributed by atoms with Gasteiger partial charge in [-0.15, -0.1) is 0 Å². The second-order valence-electron chi connectivity index (χ2n) is 4.66. The van der Waals surface area contributed by atoms with Gasteiger partial charge in [0.1, 0.15) is 5.75 Å². The number of benzene rings is 2. The molecule has 0 saturated carbocycles. The molecule has 2 aromatic carbocycles. The first-order chi connectivity index (χ1) is 11.1. The molecule has 0 N–H and O–H groups in total. The van der Waals surface area contributed by atoms with Gasteiger partial charge in [-0.3, -0.25) is 14.9 Å². The minimum Gasteiger partial charge on any atom is -0.497 e. The number of carbonyl (C=O) groups excluding carboxylic acids is 1. The fourth-order valence-corrected chi connectivity index (χ4v) is 1.95. The lowest BCUT2D eigenvalue weighted by atomic mass is 10.1. The second-order valence-corrected chi connectivity index (χ2v) is 4.66. The lowest BCUT2D eigenvalue weighted by molar-refractivity contribution is -0.385. The van der Waals surface area contributed by atoms with Crippen molar-refractivity contribution < 1.29 is 14.5 Å². The largest absolute Gasteiger partial charge is 0.497 e. The van der Waals surface area contributed by atoms with E-state index in [1.54, 1.807) is 37.5 Å². The fourth-order valence-electron chi connectivity index (χ4n) is 1.95. The maximum atomic E-state index is 11.9. The van der Waals surface area contributed by atoms with E-state index in [-0.39, 0.29) is 11.5 Å². The number of nitro benzene ring substituents is 1. The zero-order valence-corrected chi connectivity index (χ0v) is 12.5. The van der Waals surface area contributed by atoms with Crippen molar-refractivity contribution in [3.05, 3.63) is 81.9 Å². The minimum atomic E-state index is -0.476. The smallest absolute Gasteiger partial charge is 0.276 e. The second kappa shape index (κ2) is 7.70. The van der Waals surface area contributed by atoms with Gasteiger partial charge in [0.2, 0.25) is 0 Å². The normalized spacial score (nSPS) is 11.0. The van der Waals surface area contributed by atoms with Crippen LogP contribution in [0.4, 0.5) is 5.69 Å². The predicted octanol–water partition coefficient (Wildman–Crippen LogP) is 3.90. The third-order valence-electron chi connectivity index (χ3n) is 3.09. The molecule has 0 saturated heterocycles. The van der Waals surface area contributed by atoms with Gasteiger partial charge in [0.25, 0.3) is 5.69 Å². The van der Waals surface area contributed by atoms with Crippen molar-refractivity contribution in [1.29, 1.82) is 0 Å². The molecule has 0 aliphatic heterocycles. The summed E-state index contributed by atoms with van der Waals surface area (Å²) in [4.78, 5) is 22.3. The van der Waals surface area contributed by atoms with Crippen molar-refractivity contribution in [3.63, 3.8) is 0 Å². The molecule has 23 heavy (non-hydrogen) atoms. The Morgan fingerprint density at radius 2 is 1.83 bits per heavy atom. The van der Waals surface area contributed by atoms with Gasteiger partial charge in [-0.05, 0) is 42.0 Å². The van der Waals surface area contributed by atoms with Gasteiger partial charge in [0, 0.05) is 6.07 Å². The number of rotatable bonds is 6. The molecule has 0 aromatic heterocycles. The summed E-state index contributed by atoms with van der Waals surface area (Å²) in [6, 6.07) is 13.5. The number of ketones is 1. The van der Waals surface area contributed by atoms with E-state index in [1.807, 2.05) is 18.2 Å². The molecule has 0 amide bonds. The van der Waals surface area contributed by atoms with Gasteiger partial charge in [-0.25, -0.2) is 0 Å². The van der Waals surface area contributed by atoms with Crippen LogP contribution in [0.3, 0.4) is 0 Å². The van der Waals surface area contributed by atoms with Crippen LogP contribution in [-0.2, 0) is 4.79 Å². The number of methoxy groups -OCH3 is 1. The van der Waals surface area contributed by atoms with Crippen molar-refractivity contribution in [1.82, 2.24) is 0 Å². The van der Waals surface area contributed by atoms with Crippen LogP contribution in [0.15, 0.2) is 60.7 Å². The Morgan fingerprint density at radius 3 is 2.57 bits per heavy atom. The number of hydrogen-bond acceptors (Lipinski definition) is 4. The Kier molecular flexibility index (Phi) is 5.41. The summed E-state index contributed by atoms with van der Waals surface area (Å²) >= 11 is 0. The molecule has 2 rings (SSSR count). The van der Waals surface area contributed by atoms with Gasteiger partial charge in [0.15, 0.2) is 5.78 Å².